The van der Waals surface area contributed by atoms with Crippen molar-refractivity contribution in [1.82, 2.24) is 0 Å². The lowest BCUT2D eigenvalue weighted by molar-refractivity contribution is 0.474. The van der Waals surface area contributed by atoms with Gasteiger partial charge in [-0.1, -0.05) is 36.9 Å². The average molecular weight is 236 g/mol. The van der Waals surface area contributed by atoms with Gasteiger partial charge in [-0.3, -0.25) is 0 Å². The van der Waals surface area contributed by atoms with Crippen molar-refractivity contribution >= 4 is 11.1 Å². The van der Waals surface area contributed by atoms with Crippen LogP contribution in [0.15, 0.2) is 61.4 Å². The summed E-state index contributed by atoms with van der Waals surface area (Å²) in [7, 11) is 0. The van der Waals surface area contributed by atoms with Gasteiger partial charge in [-0.05, 0) is 29.3 Å². The van der Waals surface area contributed by atoms with Crippen molar-refractivity contribution in [3.8, 4) is 11.5 Å². The smallest absolute Gasteiger partial charge is 0.134 e. The molecule has 1 aliphatic rings. The van der Waals surface area contributed by atoms with Gasteiger partial charge >= 0.3 is 0 Å². The molecule has 2 heteroatoms. The first-order valence-corrected chi connectivity index (χ1v) is 5.70. The highest BCUT2D eigenvalue weighted by molar-refractivity contribution is 6.05. The monoisotopic (exact) mass is 236 g/mol. The standard InChI is InChI=1S/C16H12O2/c1-11-14-4-2-3-5-16(14)18-10-15(11)12-6-8-13(17)9-7-12/h2-10,17H,1H2. The number of phenolic OH excluding ortho intramolecular Hbond substituents is 1. The molecule has 2 nitrogen and oxygen atoms in total. The molecule has 0 aromatic heterocycles. The zero-order chi connectivity index (χ0) is 12.5. The normalized spacial score (nSPS) is 13.6. The Bertz CT molecular complexity index is 636. The molecule has 0 aliphatic carbocycles. The van der Waals surface area contributed by atoms with Crippen LogP contribution in [-0.4, -0.2) is 5.11 Å². The fourth-order valence-corrected chi connectivity index (χ4v) is 2.04. The average Bonchev–Trinajstić information content (AvgIpc) is 2.41. The maximum Gasteiger partial charge on any atom is 0.134 e. The number of hydrogen-bond donors (Lipinski definition) is 1. The summed E-state index contributed by atoms with van der Waals surface area (Å²) in [4.78, 5) is 0. The Morgan fingerprint density at radius 3 is 2.44 bits per heavy atom. The second-order valence-corrected chi connectivity index (χ2v) is 4.17. The van der Waals surface area contributed by atoms with E-state index in [-0.39, 0.29) is 5.75 Å². The van der Waals surface area contributed by atoms with Gasteiger partial charge in [0.2, 0.25) is 0 Å². The highest BCUT2D eigenvalue weighted by atomic mass is 16.5. The topological polar surface area (TPSA) is 29.5 Å². The molecule has 0 fully saturated rings. The van der Waals surface area contributed by atoms with E-state index in [9.17, 15) is 5.11 Å². The molecule has 88 valence electrons. The molecule has 2 aromatic carbocycles. The van der Waals surface area contributed by atoms with E-state index in [1.807, 2.05) is 36.4 Å². The molecule has 0 spiro atoms. The van der Waals surface area contributed by atoms with E-state index in [1.54, 1.807) is 18.4 Å². The third-order valence-corrected chi connectivity index (χ3v) is 3.02. The van der Waals surface area contributed by atoms with Crippen LogP contribution in [0.25, 0.3) is 11.1 Å². The predicted molar refractivity (Wildman–Crippen MR) is 72.2 cm³/mol. The lowest BCUT2D eigenvalue weighted by Gasteiger charge is -2.19. The van der Waals surface area contributed by atoms with Crippen LogP contribution in [0.5, 0.6) is 11.5 Å². The van der Waals surface area contributed by atoms with Gasteiger partial charge in [-0.15, -0.1) is 0 Å². The Labute approximate surface area is 105 Å². The fraction of sp³-hybridized carbons (Fsp3) is 0. The lowest BCUT2D eigenvalue weighted by atomic mass is 9.93. The molecule has 0 unspecified atom stereocenters. The maximum atomic E-state index is 9.31. The number of aromatic hydroxyl groups is 1. The number of hydrogen-bond acceptors (Lipinski definition) is 2. The second kappa shape index (κ2) is 4.08. The molecular weight excluding hydrogens is 224 g/mol. The van der Waals surface area contributed by atoms with Crippen LogP contribution in [0, 0.1) is 0 Å². The SMILES string of the molecule is C=C1C(c2ccc(O)cc2)=COc2ccccc21. The molecule has 0 radical (unpaired) electrons. The van der Waals surface area contributed by atoms with Gasteiger partial charge in [0.1, 0.15) is 11.5 Å². The number of ether oxygens (including phenoxy) is 1. The quantitative estimate of drug-likeness (QED) is 0.815. The molecule has 3 rings (SSSR count). The van der Waals surface area contributed by atoms with E-state index < -0.39 is 0 Å². The molecule has 1 aliphatic heterocycles. The Kier molecular flexibility index (Phi) is 2.41. The summed E-state index contributed by atoms with van der Waals surface area (Å²) in [5.74, 6) is 1.08. The van der Waals surface area contributed by atoms with Crippen molar-refractivity contribution in [2.24, 2.45) is 0 Å². The number of fused-ring (bicyclic) bond motifs is 1. The summed E-state index contributed by atoms with van der Waals surface area (Å²) in [5, 5.41) is 9.31. The van der Waals surface area contributed by atoms with Crippen LogP contribution in [0.2, 0.25) is 0 Å². The van der Waals surface area contributed by atoms with Gasteiger partial charge < -0.3 is 9.84 Å². The molecule has 18 heavy (non-hydrogen) atoms. The molecule has 0 saturated carbocycles. The largest absolute Gasteiger partial charge is 0.508 e. The van der Waals surface area contributed by atoms with Crippen LogP contribution >= 0.6 is 0 Å². The summed E-state index contributed by atoms with van der Waals surface area (Å²) in [6.07, 6.45) is 1.71. The van der Waals surface area contributed by atoms with Crippen LogP contribution in [-0.2, 0) is 0 Å². The minimum atomic E-state index is 0.252. The van der Waals surface area contributed by atoms with Crippen molar-refractivity contribution in [1.29, 1.82) is 0 Å². The van der Waals surface area contributed by atoms with Crippen molar-refractivity contribution < 1.29 is 9.84 Å². The van der Waals surface area contributed by atoms with E-state index in [4.69, 9.17) is 4.74 Å². The Balaban J connectivity index is 2.04. The van der Waals surface area contributed by atoms with Gasteiger partial charge in [0.15, 0.2) is 0 Å². The number of allylic oxidation sites excluding steroid dienone is 2. The first kappa shape index (κ1) is 10.7. The van der Waals surface area contributed by atoms with E-state index in [1.165, 1.54) is 0 Å². The molecular formula is C16H12O2. The van der Waals surface area contributed by atoms with E-state index in [0.717, 1.165) is 28.0 Å². The summed E-state index contributed by atoms with van der Waals surface area (Å²) >= 11 is 0. The van der Waals surface area contributed by atoms with E-state index in [0.29, 0.717) is 0 Å². The molecule has 1 N–H and O–H groups in total. The highest BCUT2D eigenvalue weighted by Crippen LogP contribution is 2.38. The van der Waals surface area contributed by atoms with Gasteiger partial charge in [-0.25, -0.2) is 0 Å². The zero-order valence-corrected chi connectivity index (χ0v) is 9.76. The Morgan fingerprint density at radius 2 is 1.67 bits per heavy atom. The van der Waals surface area contributed by atoms with Gasteiger partial charge in [0, 0.05) is 11.1 Å². The van der Waals surface area contributed by atoms with Gasteiger partial charge in [0.05, 0.1) is 6.26 Å². The molecule has 0 bridgehead atoms. The van der Waals surface area contributed by atoms with Crippen molar-refractivity contribution in [3.63, 3.8) is 0 Å². The van der Waals surface area contributed by atoms with Crippen molar-refractivity contribution in [3.05, 3.63) is 72.5 Å². The van der Waals surface area contributed by atoms with E-state index >= 15 is 0 Å². The summed E-state index contributed by atoms with van der Waals surface area (Å²) < 4.78 is 5.61. The van der Waals surface area contributed by atoms with Crippen molar-refractivity contribution in [2.75, 3.05) is 0 Å². The highest BCUT2D eigenvalue weighted by Gasteiger charge is 2.17. The molecule has 1 heterocycles. The molecule has 0 amide bonds. The van der Waals surface area contributed by atoms with Crippen LogP contribution in [0.3, 0.4) is 0 Å². The second-order valence-electron chi connectivity index (χ2n) is 4.17. The van der Waals surface area contributed by atoms with Gasteiger partial charge in [-0.2, -0.15) is 0 Å². The molecule has 2 aromatic rings. The number of benzene rings is 2. The van der Waals surface area contributed by atoms with Crippen LogP contribution in [0.4, 0.5) is 0 Å². The third kappa shape index (κ3) is 1.68. The number of rotatable bonds is 1. The van der Waals surface area contributed by atoms with Crippen LogP contribution in [0.1, 0.15) is 11.1 Å². The molecule has 0 saturated heterocycles. The zero-order valence-electron chi connectivity index (χ0n) is 9.76. The van der Waals surface area contributed by atoms with Crippen molar-refractivity contribution in [2.45, 2.75) is 0 Å². The predicted octanol–water partition coefficient (Wildman–Crippen LogP) is 3.84. The van der Waals surface area contributed by atoms with Crippen LogP contribution < -0.4 is 4.74 Å². The minimum absolute atomic E-state index is 0.252. The summed E-state index contributed by atoms with van der Waals surface area (Å²) in [6, 6.07) is 14.8. The third-order valence-electron chi connectivity index (χ3n) is 3.02. The maximum absolute atomic E-state index is 9.31. The summed E-state index contributed by atoms with van der Waals surface area (Å²) in [6.45, 7) is 4.12. The Morgan fingerprint density at radius 1 is 0.944 bits per heavy atom. The fourth-order valence-electron chi connectivity index (χ4n) is 2.04. The first-order valence-electron chi connectivity index (χ1n) is 5.70. The number of phenols is 1. The Hall–Kier alpha value is -2.48. The lowest BCUT2D eigenvalue weighted by Crippen LogP contribution is -2.00. The number of para-hydroxylation sites is 1. The molecule has 0 atom stereocenters. The van der Waals surface area contributed by atoms with Gasteiger partial charge in [0.25, 0.3) is 0 Å². The first-order chi connectivity index (χ1) is 8.75. The summed E-state index contributed by atoms with van der Waals surface area (Å²) in [5.41, 5.74) is 3.85. The minimum Gasteiger partial charge on any atom is -0.508 e. The van der Waals surface area contributed by atoms with E-state index in [2.05, 4.69) is 6.58 Å².